The Balaban J connectivity index is 2.59. The van der Waals surface area contributed by atoms with E-state index in [2.05, 4.69) is 31.3 Å². The molecule has 0 spiro atoms. The molecule has 1 atom stereocenters. The number of nitrogens with two attached hydrogens (primary N) is 1. The molecule has 3 nitrogen and oxygen atoms in total. The van der Waals surface area contributed by atoms with Crippen molar-refractivity contribution < 1.29 is 4.79 Å². The first-order valence-electron chi connectivity index (χ1n) is 7.81. The molecule has 0 saturated carbocycles. The van der Waals surface area contributed by atoms with Gasteiger partial charge in [0.15, 0.2) is 0 Å². The molecular weight excluding hydrogens is 248 g/mol. The molecule has 0 aliphatic rings. The average Bonchev–Trinajstić information content (AvgIpc) is 2.46. The molecule has 1 aromatic rings. The largest absolute Gasteiger partial charge is 0.330 e. The third kappa shape index (κ3) is 5.74. The average molecular weight is 276 g/mol. The fourth-order valence-corrected chi connectivity index (χ4v) is 2.33. The van der Waals surface area contributed by atoms with E-state index in [0.29, 0.717) is 6.54 Å². The summed E-state index contributed by atoms with van der Waals surface area (Å²) in [7, 11) is 0. The minimum absolute atomic E-state index is 0.127. The van der Waals surface area contributed by atoms with Crippen molar-refractivity contribution in [3.63, 3.8) is 0 Å². The Kier molecular flexibility index (Phi) is 7.97. The SMILES string of the molecule is CCCCC(CC)C(=O)Nc1cccc(CCCN)c1. The molecule has 1 rings (SSSR count). The number of hydrogen-bond acceptors (Lipinski definition) is 2. The molecule has 0 aliphatic heterocycles. The number of rotatable bonds is 9. The van der Waals surface area contributed by atoms with Gasteiger partial charge in [-0.3, -0.25) is 4.79 Å². The summed E-state index contributed by atoms with van der Waals surface area (Å²) >= 11 is 0. The van der Waals surface area contributed by atoms with E-state index in [9.17, 15) is 4.79 Å². The molecule has 20 heavy (non-hydrogen) atoms. The van der Waals surface area contributed by atoms with E-state index in [1.54, 1.807) is 0 Å². The topological polar surface area (TPSA) is 55.1 Å². The smallest absolute Gasteiger partial charge is 0.227 e. The zero-order valence-electron chi connectivity index (χ0n) is 12.8. The molecule has 0 aromatic heterocycles. The Morgan fingerprint density at radius 3 is 2.75 bits per heavy atom. The van der Waals surface area contributed by atoms with Crippen molar-refractivity contribution in [3.8, 4) is 0 Å². The van der Waals surface area contributed by atoms with E-state index in [1.165, 1.54) is 5.56 Å². The van der Waals surface area contributed by atoms with Gasteiger partial charge in [-0.15, -0.1) is 0 Å². The van der Waals surface area contributed by atoms with Crippen molar-refractivity contribution in [2.24, 2.45) is 11.7 Å². The molecule has 3 N–H and O–H groups in total. The Bertz CT molecular complexity index is 404. The van der Waals surface area contributed by atoms with Crippen LogP contribution in [-0.2, 0) is 11.2 Å². The number of unbranched alkanes of at least 4 members (excludes halogenated alkanes) is 1. The fraction of sp³-hybridized carbons (Fsp3) is 0.588. The van der Waals surface area contributed by atoms with Crippen LogP contribution in [0.1, 0.15) is 51.5 Å². The number of benzene rings is 1. The number of nitrogens with one attached hydrogen (secondary N) is 1. The summed E-state index contributed by atoms with van der Waals surface area (Å²) in [5, 5.41) is 3.05. The van der Waals surface area contributed by atoms with Crippen molar-refractivity contribution in [3.05, 3.63) is 29.8 Å². The van der Waals surface area contributed by atoms with E-state index in [1.807, 2.05) is 12.1 Å². The van der Waals surface area contributed by atoms with Crippen LogP contribution in [-0.4, -0.2) is 12.5 Å². The zero-order chi connectivity index (χ0) is 14.8. The Morgan fingerprint density at radius 1 is 1.30 bits per heavy atom. The number of aryl methyl sites for hydroxylation is 1. The van der Waals surface area contributed by atoms with Crippen LogP contribution < -0.4 is 11.1 Å². The van der Waals surface area contributed by atoms with Crippen LogP contribution >= 0.6 is 0 Å². The molecular formula is C17H28N2O. The summed E-state index contributed by atoms with van der Waals surface area (Å²) < 4.78 is 0. The lowest BCUT2D eigenvalue weighted by atomic mass is 9.98. The van der Waals surface area contributed by atoms with E-state index in [0.717, 1.165) is 44.2 Å². The predicted octanol–water partition coefficient (Wildman–Crippen LogP) is 3.73. The number of anilines is 1. The maximum atomic E-state index is 12.2. The quantitative estimate of drug-likeness (QED) is 0.722. The lowest BCUT2D eigenvalue weighted by Gasteiger charge is -2.15. The highest BCUT2D eigenvalue weighted by Gasteiger charge is 2.15. The minimum Gasteiger partial charge on any atom is -0.330 e. The van der Waals surface area contributed by atoms with Crippen LogP contribution in [0.5, 0.6) is 0 Å². The minimum atomic E-state index is 0.127. The zero-order valence-corrected chi connectivity index (χ0v) is 12.8. The molecule has 1 aromatic carbocycles. The van der Waals surface area contributed by atoms with Gasteiger partial charge < -0.3 is 11.1 Å². The van der Waals surface area contributed by atoms with Crippen LogP contribution in [0.4, 0.5) is 5.69 Å². The highest BCUT2D eigenvalue weighted by molar-refractivity contribution is 5.92. The van der Waals surface area contributed by atoms with Gasteiger partial charge in [-0.25, -0.2) is 0 Å². The molecule has 0 aliphatic carbocycles. The Labute approximate surface area is 122 Å². The van der Waals surface area contributed by atoms with Gasteiger partial charge in [0.25, 0.3) is 0 Å². The second-order valence-electron chi connectivity index (χ2n) is 5.33. The predicted molar refractivity (Wildman–Crippen MR) is 85.8 cm³/mol. The maximum Gasteiger partial charge on any atom is 0.227 e. The van der Waals surface area contributed by atoms with Crippen molar-refractivity contribution in [1.29, 1.82) is 0 Å². The summed E-state index contributed by atoms with van der Waals surface area (Å²) in [5.74, 6) is 0.277. The molecule has 112 valence electrons. The second-order valence-corrected chi connectivity index (χ2v) is 5.33. The summed E-state index contributed by atoms with van der Waals surface area (Å²) in [6.45, 7) is 4.94. The highest BCUT2D eigenvalue weighted by Crippen LogP contribution is 2.17. The van der Waals surface area contributed by atoms with Gasteiger partial charge >= 0.3 is 0 Å². The lowest BCUT2D eigenvalue weighted by molar-refractivity contribution is -0.120. The van der Waals surface area contributed by atoms with Gasteiger partial charge in [0.05, 0.1) is 0 Å². The highest BCUT2D eigenvalue weighted by atomic mass is 16.1. The molecule has 0 radical (unpaired) electrons. The van der Waals surface area contributed by atoms with Crippen LogP contribution in [0.3, 0.4) is 0 Å². The summed E-state index contributed by atoms with van der Waals surface area (Å²) in [6, 6.07) is 8.09. The Hall–Kier alpha value is -1.35. The molecule has 0 fully saturated rings. The first-order chi connectivity index (χ1) is 9.71. The van der Waals surface area contributed by atoms with Crippen molar-refractivity contribution in [1.82, 2.24) is 0 Å². The summed E-state index contributed by atoms with van der Waals surface area (Å²) in [6.07, 6.45) is 6.07. The third-order valence-electron chi connectivity index (χ3n) is 3.63. The monoisotopic (exact) mass is 276 g/mol. The van der Waals surface area contributed by atoms with Gasteiger partial charge in [-0.2, -0.15) is 0 Å². The fourth-order valence-electron chi connectivity index (χ4n) is 2.33. The first kappa shape index (κ1) is 16.7. The normalized spacial score (nSPS) is 12.2. The van der Waals surface area contributed by atoms with Crippen molar-refractivity contribution in [2.45, 2.75) is 52.4 Å². The second kappa shape index (κ2) is 9.54. The van der Waals surface area contributed by atoms with Crippen molar-refractivity contribution in [2.75, 3.05) is 11.9 Å². The molecule has 3 heteroatoms. The number of carbonyl (C=O) groups is 1. The molecule has 1 unspecified atom stereocenters. The lowest BCUT2D eigenvalue weighted by Crippen LogP contribution is -2.22. The van der Waals surface area contributed by atoms with E-state index < -0.39 is 0 Å². The van der Waals surface area contributed by atoms with Crippen LogP contribution in [0, 0.1) is 5.92 Å². The summed E-state index contributed by atoms with van der Waals surface area (Å²) in [5.41, 5.74) is 7.66. The van der Waals surface area contributed by atoms with Gasteiger partial charge in [0, 0.05) is 11.6 Å². The number of amides is 1. The molecule has 1 amide bonds. The number of carbonyl (C=O) groups excluding carboxylic acids is 1. The summed E-state index contributed by atoms with van der Waals surface area (Å²) in [4.78, 5) is 12.2. The van der Waals surface area contributed by atoms with Gasteiger partial charge in [0.2, 0.25) is 5.91 Å². The van der Waals surface area contributed by atoms with Crippen LogP contribution in [0.15, 0.2) is 24.3 Å². The van der Waals surface area contributed by atoms with Crippen molar-refractivity contribution >= 4 is 11.6 Å². The van der Waals surface area contributed by atoms with Gasteiger partial charge in [-0.1, -0.05) is 38.8 Å². The number of hydrogen-bond donors (Lipinski definition) is 2. The standard InChI is InChI=1S/C17H28N2O/c1-3-5-10-15(4-2)17(20)19-16-11-6-8-14(13-16)9-7-12-18/h6,8,11,13,15H,3-5,7,9-10,12,18H2,1-2H3,(H,19,20). The maximum absolute atomic E-state index is 12.2. The third-order valence-corrected chi connectivity index (χ3v) is 3.63. The Morgan fingerprint density at radius 2 is 2.10 bits per heavy atom. The molecule has 0 heterocycles. The van der Waals surface area contributed by atoms with E-state index in [4.69, 9.17) is 5.73 Å². The van der Waals surface area contributed by atoms with Crippen LogP contribution in [0.25, 0.3) is 0 Å². The molecule has 0 bridgehead atoms. The first-order valence-corrected chi connectivity index (χ1v) is 7.81. The van der Waals surface area contributed by atoms with E-state index >= 15 is 0 Å². The molecule has 0 saturated heterocycles. The van der Waals surface area contributed by atoms with Gasteiger partial charge in [-0.05, 0) is 49.9 Å². The van der Waals surface area contributed by atoms with Crippen LogP contribution in [0.2, 0.25) is 0 Å². The van der Waals surface area contributed by atoms with E-state index in [-0.39, 0.29) is 11.8 Å². The van der Waals surface area contributed by atoms with Gasteiger partial charge in [0.1, 0.15) is 0 Å².